The molecule has 0 aliphatic carbocycles. The molecule has 19 heavy (non-hydrogen) atoms. The topological polar surface area (TPSA) is 78.9 Å². The van der Waals surface area contributed by atoms with Crippen molar-refractivity contribution in [1.29, 1.82) is 0 Å². The summed E-state index contributed by atoms with van der Waals surface area (Å²) in [7, 11) is 0. The van der Waals surface area contributed by atoms with Crippen molar-refractivity contribution in [2.75, 3.05) is 23.7 Å². The van der Waals surface area contributed by atoms with Gasteiger partial charge < -0.3 is 16.0 Å². The van der Waals surface area contributed by atoms with E-state index in [0.717, 1.165) is 36.8 Å². The second kappa shape index (κ2) is 6.70. The van der Waals surface area contributed by atoms with Crippen LogP contribution in [-0.4, -0.2) is 35.0 Å². The molecule has 1 aromatic heterocycles. The van der Waals surface area contributed by atoms with Gasteiger partial charge in [-0.25, -0.2) is 4.98 Å². The third-order valence-corrected chi connectivity index (χ3v) is 3.45. The number of hydrogen-bond donors (Lipinski definition) is 3. The smallest absolute Gasteiger partial charge is 0.242 e. The number of nitrogens with one attached hydrogen (secondary N) is 3. The first-order valence-electron chi connectivity index (χ1n) is 6.51. The Balaban J connectivity index is 2.07. The van der Waals surface area contributed by atoms with Gasteiger partial charge in [0.1, 0.15) is 11.9 Å². The SMILES string of the molecule is CCCNc1ncc(Br)c(NC2CCCNC2=O)n1. The highest BCUT2D eigenvalue weighted by atomic mass is 79.9. The van der Waals surface area contributed by atoms with Crippen LogP contribution in [0, 0.1) is 0 Å². The summed E-state index contributed by atoms with van der Waals surface area (Å²) < 4.78 is 0.757. The number of halogens is 1. The molecule has 0 spiro atoms. The molecule has 7 heteroatoms. The Morgan fingerprint density at radius 3 is 3.16 bits per heavy atom. The lowest BCUT2D eigenvalue weighted by Gasteiger charge is -2.23. The van der Waals surface area contributed by atoms with E-state index in [2.05, 4.69) is 48.8 Å². The molecule has 2 rings (SSSR count). The molecular formula is C12H18BrN5O. The fourth-order valence-corrected chi connectivity index (χ4v) is 2.17. The number of carbonyl (C=O) groups excluding carboxylic acids is 1. The van der Waals surface area contributed by atoms with Crippen LogP contribution in [-0.2, 0) is 4.79 Å². The van der Waals surface area contributed by atoms with E-state index in [4.69, 9.17) is 0 Å². The average molecular weight is 328 g/mol. The van der Waals surface area contributed by atoms with E-state index in [9.17, 15) is 4.79 Å². The van der Waals surface area contributed by atoms with E-state index in [-0.39, 0.29) is 11.9 Å². The van der Waals surface area contributed by atoms with Crippen LogP contribution in [0.15, 0.2) is 10.7 Å². The zero-order chi connectivity index (χ0) is 13.7. The normalized spacial score (nSPS) is 18.8. The Kier molecular flexibility index (Phi) is 4.95. The van der Waals surface area contributed by atoms with Crippen molar-refractivity contribution in [3.05, 3.63) is 10.7 Å². The average Bonchev–Trinajstić information content (AvgIpc) is 2.42. The molecule has 3 N–H and O–H groups in total. The number of rotatable bonds is 5. The Bertz CT molecular complexity index is 454. The molecule has 6 nitrogen and oxygen atoms in total. The first-order chi connectivity index (χ1) is 9.20. The van der Waals surface area contributed by atoms with Gasteiger partial charge in [-0.3, -0.25) is 4.79 Å². The van der Waals surface area contributed by atoms with E-state index in [1.807, 2.05) is 0 Å². The van der Waals surface area contributed by atoms with Gasteiger partial charge in [-0.2, -0.15) is 4.98 Å². The van der Waals surface area contributed by atoms with Gasteiger partial charge in [0.15, 0.2) is 0 Å². The highest BCUT2D eigenvalue weighted by Crippen LogP contribution is 2.22. The first-order valence-corrected chi connectivity index (χ1v) is 7.30. The quantitative estimate of drug-likeness (QED) is 0.767. The van der Waals surface area contributed by atoms with Crippen LogP contribution in [0.25, 0.3) is 0 Å². The summed E-state index contributed by atoms with van der Waals surface area (Å²) in [6.07, 6.45) is 4.49. The summed E-state index contributed by atoms with van der Waals surface area (Å²) in [5.41, 5.74) is 0. The van der Waals surface area contributed by atoms with Gasteiger partial charge in [-0.15, -0.1) is 0 Å². The van der Waals surface area contributed by atoms with Crippen LogP contribution in [0.1, 0.15) is 26.2 Å². The summed E-state index contributed by atoms with van der Waals surface area (Å²) in [6.45, 7) is 3.66. The van der Waals surface area contributed by atoms with E-state index >= 15 is 0 Å². The molecule has 1 aromatic rings. The summed E-state index contributed by atoms with van der Waals surface area (Å²) in [4.78, 5) is 20.3. The number of aromatic nitrogens is 2. The predicted octanol–water partition coefficient (Wildman–Crippen LogP) is 1.75. The number of amides is 1. The maximum atomic E-state index is 11.7. The monoisotopic (exact) mass is 327 g/mol. The van der Waals surface area contributed by atoms with Crippen molar-refractivity contribution >= 4 is 33.6 Å². The molecule has 1 aliphatic heterocycles. The molecule has 1 saturated heterocycles. The van der Waals surface area contributed by atoms with Gasteiger partial charge in [0.25, 0.3) is 0 Å². The highest BCUT2D eigenvalue weighted by molar-refractivity contribution is 9.10. The van der Waals surface area contributed by atoms with Gasteiger partial charge in [0.2, 0.25) is 11.9 Å². The third-order valence-electron chi connectivity index (χ3n) is 2.87. The summed E-state index contributed by atoms with van der Waals surface area (Å²) in [6, 6.07) is -0.223. The van der Waals surface area contributed by atoms with Gasteiger partial charge in [-0.05, 0) is 35.2 Å². The van der Waals surface area contributed by atoms with E-state index in [0.29, 0.717) is 11.8 Å². The Hall–Kier alpha value is -1.37. The van der Waals surface area contributed by atoms with Gasteiger partial charge in [0.05, 0.1) is 4.47 Å². The minimum absolute atomic E-state index is 0.0276. The maximum absolute atomic E-state index is 11.7. The first kappa shape index (κ1) is 14.0. The van der Waals surface area contributed by atoms with E-state index in [1.165, 1.54) is 0 Å². The zero-order valence-corrected chi connectivity index (χ0v) is 12.5. The fraction of sp³-hybridized carbons (Fsp3) is 0.583. The Morgan fingerprint density at radius 2 is 2.42 bits per heavy atom. The second-order valence-electron chi connectivity index (χ2n) is 4.45. The number of hydrogen-bond acceptors (Lipinski definition) is 5. The van der Waals surface area contributed by atoms with Crippen molar-refractivity contribution < 1.29 is 4.79 Å². The molecule has 0 saturated carbocycles. The van der Waals surface area contributed by atoms with Crippen molar-refractivity contribution in [3.8, 4) is 0 Å². The lowest BCUT2D eigenvalue weighted by molar-refractivity contribution is -0.123. The summed E-state index contributed by atoms with van der Waals surface area (Å²) in [5, 5.41) is 9.14. The fourth-order valence-electron chi connectivity index (χ4n) is 1.87. The van der Waals surface area contributed by atoms with Crippen LogP contribution in [0.2, 0.25) is 0 Å². The second-order valence-corrected chi connectivity index (χ2v) is 5.30. The minimum atomic E-state index is -0.223. The van der Waals surface area contributed by atoms with Crippen LogP contribution in [0.5, 0.6) is 0 Å². The van der Waals surface area contributed by atoms with Crippen LogP contribution >= 0.6 is 15.9 Å². The number of carbonyl (C=O) groups is 1. The van der Waals surface area contributed by atoms with Crippen LogP contribution < -0.4 is 16.0 Å². The van der Waals surface area contributed by atoms with Crippen molar-refractivity contribution in [3.63, 3.8) is 0 Å². The third kappa shape index (κ3) is 3.79. The predicted molar refractivity (Wildman–Crippen MR) is 78.2 cm³/mol. The highest BCUT2D eigenvalue weighted by Gasteiger charge is 2.22. The van der Waals surface area contributed by atoms with Crippen LogP contribution in [0.4, 0.5) is 11.8 Å². The minimum Gasteiger partial charge on any atom is -0.357 e. The Morgan fingerprint density at radius 1 is 1.58 bits per heavy atom. The van der Waals surface area contributed by atoms with Crippen LogP contribution in [0.3, 0.4) is 0 Å². The van der Waals surface area contributed by atoms with Crippen molar-refractivity contribution in [2.24, 2.45) is 0 Å². The van der Waals surface area contributed by atoms with E-state index in [1.54, 1.807) is 6.20 Å². The lowest BCUT2D eigenvalue weighted by atomic mass is 10.1. The summed E-state index contributed by atoms with van der Waals surface area (Å²) in [5.74, 6) is 1.25. The largest absolute Gasteiger partial charge is 0.357 e. The molecular weight excluding hydrogens is 310 g/mol. The van der Waals surface area contributed by atoms with Gasteiger partial charge >= 0.3 is 0 Å². The number of anilines is 2. The molecule has 0 radical (unpaired) electrons. The van der Waals surface area contributed by atoms with Gasteiger partial charge in [-0.1, -0.05) is 6.92 Å². The number of piperidine rings is 1. The molecule has 104 valence electrons. The molecule has 0 aromatic carbocycles. The maximum Gasteiger partial charge on any atom is 0.242 e. The van der Waals surface area contributed by atoms with E-state index < -0.39 is 0 Å². The molecule has 1 fully saturated rings. The van der Waals surface area contributed by atoms with Crippen molar-refractivity contribution in [2.45, 2.75) is 32.2 Å². The molecule has 0 bridgehead atoms. The zero-order valence-electron chi connectivity index (χ0n) is 10.9. The number of nitrogens with zero attached hydrogens (tertiary/aromatic N) is 2. The molecule has 2 heterocycles. The summed E-state index contributed by atoms with van der Waals surface area (Å²) >= 11 is 3.40. The standard InChI is InChI=1S/C12H18BrN5O/c1-2-5-15-12-16-7-8(13)10(18-12)17-9-4-3-6-14-11(9)19/h7,9H,2-6H2,1H3,(H,14,19)(H2,15,16,17,18). The molecule has 1 amide bonds. The molecule has 1 unspecified atom stereocenters. The lowest BCUT2D eigenvalue weighted by Crippen LogP contribution is -2.44. The van der Waals surface area contributed by atoms with Crippen molar-refractivity contribution in [1.82, 2.24) is 15.3 Å². The molecule has 1 aliphatic rings. The Labute approximate surface area is 120 Å². The van der Waals surface area contributed by atoms with Gasteiger partial charge in [0, 0.05) is 19.3 Å². The molecule has 1 atom stereocenters.